The third-order valence-electron chi connectivity index (χ3n) is 8.50. The topological polar surface area (TPSA) is 103 Å². The summed E-state index contributed by atoms with van der Waals surface area (Å²) in [6.07, 6.45) is 8.99. The lowest BCUT2D eigenvalue weighted by atomic mass is 9.99. The Morgan fingerprint density at radius 3 is 1.94 bits per heavy atom. The minimum atomic E-state index is -0.515. The smallest absolute Gasteiger partial charge is 0.333 e. The zero-order valence-corrected chi connectivity index (χ0v) is 29.6. The summed E-state index contributed by atoms with van der Waals surface area (Å²) in [6, 6.07) is 25.7. The van der Waals surface area contributed by atoms with E-state index in [-0.39, 0.29) is 5.97 Å². The molecule has 0 aromatic heterocycles. The molecule has 1 heterocycles. The Morgan fingerprint density at radius 2 is 1.28 bits per heavy atom. The van der Waals surface area contributed by atoms with E-state index < -0.39 is 5.66 Å². The van der Waals surface area contributed by atoms with Crippen molar-refractivity contribution in [1.29, 1.82) is 0 Å². The second kappa shape index (κ2) is 18.1. The van der Waals surface area contributed by atoms with Gasteiger partial charge in [-0.25, -0.2) is 4.79 Å². The molecule has 4 aromatic rings. The van der Waals surface area contributed by atoms with E-state index in [0.717, 1.165) is 76.5 Å². The molecule has 50 heavy (non-hydrogen) atoms. The first-order valence-electron chi connectivity index (χ1n) is 17.8. The van der Waals surface area contributed by atoms with Gasteiger partial charge in [-0.3, -0.25) is 0 Å². The van der Waals surface area contributed by atoms with Crippen molar-refractivity contribution in [3.05, 3.63) is 91.0 Å². The second-order valence-corrected chi connectivity index (χ2v) is 12.9. The molecule has 264 valence electrons. The van der Waals surface area contributed by atoms with Gasteiger partial charge in [-0.1, -0.05) is 57.2 Å². The van der Waals surface area contributed by atoms with Gasteiger partial charge in [0.2, 0.25) is 0 Å². The molecule has 9 nitrogen and oxygen atoms in total. The number of anilines is 2. The summed E-state index contributed by atoms with van der Waals surface area (Å²) in [5, 5.41) is 18.5. The fourth-order valence-corrected chi connectivity index (χ4v) is 5.87. The van der Waals surface area contributed by atoms with Gasteiger partial charge in [0.15, 0.2) is 0 Å². The quantitative estimate of drug-likeness (QED) is 0.0415. The normalized spacial score (nSPS) is 14.9. The zero-order chi connectivity index (χ0) is 35.2. The molecule has 0 saturated carbocycles. The van der Waals surface area contributed by atoms with Crippen LogP contribution in [0.1, 0.15) is 72.1 Å². The Labute approximate surface area is 296 Å². The Bertz CT molecular complexity index is 1720. The van der Waals surface area contributed by atoms with Gasteiger partial charge in [0.25, 0.3) is 0 Å². The molecule has 0 radical (unpaired) electrons. The van der Waals surface area contributed by atoms with Crippen LogP contribution in [0.5, 0.6) is 17.2 Å². The van der Waals surface area contributed by atoms with E-state index in [2.05, 4.69) is 52.6 Å². The maximum atomic E-state index is 11.4. The minimum Gasteiger partial charge on any atom is -0.494 e. The summed E-state index contributed by atoms with van der Waals surface area (Å²) in [7, 11) is 0. The van der Waals surface area contributed by atoms with E-state index in [4.69, 9.17) is 18.9 Å². The summed E-state index contributed by atoms with van der Waals surface area (Å²) in [6.45, 7) is 11.6. The van der Waals surface area contributed by atoms with E-state index in [1.807, 2.05) is 67.6 Å². The van der Waals surface area contributed by atoms with E-state index in [1.165, 1.54) is 25.7 Å². The van der Waals surface area contributed by atoms with E-state index in [0.29, 0.717) is 32.0 Å². The summed E-state index contributed by atoms with van der Waals surface area (Å²) < 4.78 is 22.8. The van der Waals surface area contributed by atoms with Crippen LogP contribution < -0.4 is 24.8 Å². The third kappa shape index (κ3) is 10.5. The van der Waals surface area contributed by atoms with Crippen LogP contribution in [0.4, 0.5) is 22.7 Å². The number of carbonyl (C=O) groups is 1. The monoisotopic (exact) mass is 678 g/mol. The average molecular weight is 679 g/mol. The standard InChI is InChI=1S/C41H50N4O5/c1-5-47-32-21-23-34(24-22-32)50-29-41(4)42-37-16-14-15-35-36(25-26-38(43-41)39(35)37)45-44-31-17-19-33(20-18-31)48-27-12-10-8-6-7-9-11-13-28-49-40(46)30(2)3/h14-26,42-43H,2,5-13,27-29H2,1,3-4H3. The molecule has 1 atom stereocenters. The van der Waals surface area contributed by atoms with Crippen molar-refractivity contribution in [3.63, 3.8) is 0 Å². The number of hydrogen-bond donors (Lipinski definition) is 2. The summed E-state index contributed by atoms with van der Waals surface area (Å²) in [5.41, 5.74) is 3.54. The van der Waals surface area contributed by atoms with Crippen molar-refractivity contribution in [2.45, 2.75) is 77.8 Å². The van der Waals surface area contributed by atoms with Crippen LogP contribution in [0.25, 0.3) is 10.8 Å². The van der Waals surface area contributed by atoms with Gasteiger partial charge in [-0.2, -0.15) is 5.11 Å². The number of esters is 1. The molecule has 4 aromatic carbocycles. The predicted octanol–water partition coefficient (Wildman–Crippen LogP) is 10.9. The molecule has 1 aliphatic rings. The maximum Gasteiger partial charge on any atom is 0.333 e. The number of nitrogens with one attached hydrogen (secondary N) is 2. The highest BCUT2D eigenvalue weighted by Crippen LogP contribution is 2.42. The molecule has 0 fully saturated rings. The van der Waals surface area contributed by atoms with Gasteiger partial charge < -0.3 is 29.6 Å². The van der Waals surface area contributed by atoms with Crippen molar-refractivity contribution in [3.8, 4) is 17.2 Å². The van der Waals surface area contributed by atoms with Crippen LogP contribution in [0, 0.1) is 0 Å². The fourth-order valence-electron chi connectivity index (χ4n) is 5.87. The maximum absolute atomic E-state index is 11.4. The number of carbonyl (C=O) groups excluding carboxylic acids is 1. The highest BCUT2D eigenvalue weighted by molar-refractivity contribution is 6.09. The molecule has 0 aliphatic carbocycles. The number of rotatable bonds is 20. The van der Waals surface area contributed by atoms with Crippen LogP contribution in [0.2, 0.25) is 0 Å². The van der Waals surface area contributed by atoms with Crippen LogP contribution in [0.3, 0.4) is 0 Å². The lowest BCUT2D eigenvalue weighted by Gasteiger charge is -2.38. The number of ether oxygens (including phenoxy) is 4. The summed E-state index contributed by atoms with van der Waals surface area (Å²) in [5.74, 6) is 2.16. The van der Waals surface area contributed by atoms with Crippen molar-refractivity contribution in [1.82, 2.24) is 0 Å². The molecule has 1 aliphatic heterocycles. The van der Waals surface area contributed by atoms with Gasteiger partial charge in [-0.05, 0) is 100 Å². The molecule has 0 amide bonds. The molecule has 0 spiro atoms. The first-order chi connectivity index (χ1) is 24.3. The van der Waals surface area contributed by atoms with Gasteiger partial charge in [0, 0.05) is 27.7 Å². The number of unbranched alkanes of at least 4 members (excludes halogenated alkanes) is 7. The van der Waals surface area contributed by atoms with Gasteiger partial charge in [-0.15, -0.1) is 5.11 Å². The Kier molecular flexibility index (Phi) is 13.1. The van der Waals surface area contributed by atoms with Crippen LogP contribution >= 0.6 is 0 Å². The lowest BCUT2D eigenvalue weighted by Crippen LogP contribution is -2.50. The average Bonchev–Trinajstić information content (AvgIpc) is 3.12. The first-order valence-corrected chi connectivity index (χ1v) is 17.8. The number of azo groups is 1. The molecular formula is C41H50N4O5. The minimum absolute atomic E-state index is 0.294. The van der Waals surface area contributed by atoms with E-state index in [9.17, 15) is 4.79 Å². The summed E-state index contributed by atoms with van der Waals surface area (Å²) >= 11 is 0. The van der Waals surface area contributed by atoms with Gasteiger partial charge in [0.05, 0.1) is 31.2 Å². The number of nitrogens with zero attached hydrogens (tertiary/aromatic N) is 2. The van der Waals surface area contributed by atoms with Crippen molar-refractivity contribution in [2.75, 3.05) is 37.1 Å². The Hall–Kier alpha value is -5.05. The highest BCUT2D eigenvalue weighted by atomic mass is 16.5. The predicted molar refractivity (Wildman–Crippen MR) is 202 cm³/mol. The van der Waals surface area contributed by atoms with Crippen LogP contribution in [-0.2, 0) is 9.53 Å². The van der Waals surface area contributed by atoms with Crippen LogP contribution in [-0.4, -0.2) is 38.1 Å². The summed E-state index contributed by atoms with van der Waals surface area (Å²) in [4.78, 5) is 11.4. The SMILES string of the molecule is C=C(C)C(=O)OCCCCCCCCCCOc1ccc(N=Nc2ccc3c4c(cccc24)NC(C)(COc2ccc(OCC)cc2)N3)cc1. The zero-order valence-electron chi connectivity index (χ0n) is 29.6. The van der Waals surface area contributed by atoms with Crippen LogP contribution in [0.15, 0.2) is 101 Å². The van der Waals surface area contributed by atoms with Gasteiger partial charge in [0.1, 0.15) is 29.5 Å². The molecule has 1 unspecified atom stereocenters. The molecule has 9 heteroatoms. The Morgan fingerprint density at radius 1 is 0.700 bits per heavy atom. The van der Waals surface area contributed by atoms with Crippen molar-refractivity contribution in [2.24, 2.45) is 10.2 Å². The second-order valence-electron chi connectivity index (χ2n) is 12.9. The molecule has 5 rings (SSSR count). The van der Waals surface area contributed by atoms with Crippen molar-refractivity contribution < 1.29 is 23.7 Å². The highest BCUT2D eigenvalue weighted by Gasteiger charge is 2.31. The Balaban J connectivity index is 1.04. The molecule has 0 bridgehead atoms. The number of hydrogen-bond acceptors (Lipinski definition) is 9. The van der Waals surface area contributed by atoms with E-state index in [1.54, 1.807) is 6.92 Å². The molecule has 0 saturated heterocycles. The first kappa shape index (κ1) is 36.2. The van der Waals surface area contributed by atoms with E-state index >= 15 is 0 Å². The van der Waals surface area contributed by atoms with Gasteiger partial charge >= 0.3 is 5.97 Å². The molecular weight excluding hydrogens is 628 g/mol. The third-order valence-corrected chi connectivity index (χ3v) is 8.50. The number of benzene rings is 4. The molecule has 2 N–H and O–H groups in total. The fraction of sp³-hybridized carbons (Fsp3) is 0.390. The lowest BCUT2D eigenvalue weighted by molar-refractivity contribution is -0.139. The largest absolute Gasteiger partial charge is 0.494 e. The van der Waals surface area contributed by atoms with Crippen molar-refractivity contribution >= 4 is 39.5 Å².